The van der Waals surface area contributed by atoms with Gasteiger partial charge in [0, 0.05) is 26.7 Å². The normalized spacial score (nSPS) is 25.5. The van der Waals surface area contributed by atoms with E-state index < -0.39 is 48.6 Å². The molecule has 1 rings (SSSR count). The van der Waals surface area contributed by atoms with Crippen LogP contribution < -0.4 is 69.3 Å². The summed E-state index contributed by atoms with van der Waals surface area (Å²) in [6.07, 6.45) is -4.46. The fraction of sp³-hybridized carbons (Fsp3) is 0.867. The van der Waals surface area contributed by atoms with E-state index in [0.29, 0.717) is 6.42 Å². The van der Waals surface area contributed by atoms with E-state index in [1.165, 1.54) is 14.2 Å². The number of hydrogen-bond acceptors (Lipinski definition) is 10. The van der Waals surface area contributed by atoms with Crippen molar-refractivity contribution in [3.05, 3.63) is 0 Å². The summed E-state index contributed by atoms with van der Waals surface area (Å²) < 4.78 is 21.0. The molecule has 0 bridgehead atoms. The molecule has 0 aromatic carbocycles. The summed E-state index contributed by atoms with van der Waals surface area (Å²) in [6.45, 7) is 0.268. The zero-order valence-electron chi connectivity index (χ0n) is 16.2. The third kappa shape index (κ3) is 9.37. The van der Waals surface area contributed by atoms with Gasteiger partial charge in [-0.05, 0) is 12.8 Å². The standard InChI is InChI=1S/C15H26O10.2Na/c1-22-7-9(23-2)11-12(10(16)15(21)25-11)24-6-4-3-5-8(13(17)18)14(19)20;;/h8-12,15-16,21H,3-7H2,1-2H3,(H,17,18)(H,19,20);;/q;2*+1/p-2/t9-,10-,11-,12-,15?;;/m1../s1. The van der Waals surface area contributed by atoms with E-state index >= 15 is 0 Å². The number of aliphatic hydroxyl groups excluding tert-OH is 2. The van der Waals surface area contributed by atoms with Gasteiger partial charge in [-0.3, -0.25) is 0 Å². The summed E-state index contributed by atoms with van der Waals surface area (Å²) in [7, 11) is 2.90. The third-order valence-corrected chi connectivity index (χ3v) is 4.02. The van der Waals surface area contributed by atoms with Gasteiger partial charge in [0.2, 0.25) is 0 Å². The number of ether oxygens (including phenoxy) is 4. The van der Waals surface area contributed by atoms with Gasteiger partial charge in [0.15, 0.2) is 6.29 Å². The quantitative estimate of drug-likeness (QED) is 0.180. The largest absolute Gasteiger partial charge is 1.00 e. The first kappa shape index (κ1) is 29.9. The minimum Gasteiger partial charge on any atom is -0.549 e. The first-order chi connectivity index (χ1) is 11.8. The molecule has 1 heterocycles. The molecule has 1 aliphatic heterocycles. The Hall–Kier alpha value is 0.700. The second-order valence-electron chi connectivity index (χ2n) is 5.73. The Morgan fingerprint density at radius 2 is 1.70 bits per heavy atom. The van der Waals surface area contributed by atoms with Gasteiger partial charge in [-0.2, -0.15) is 0 Å². The van der Waals surface area contributed by atoms with Crippen molar-refractivity contribution in [2.75, 3.05) is 27.4 Å². The SMILES string of the molecule is COC[C@@H](OC)[C@H]1OC(O)[C@H](O)[C@H]1OCCCCC(C(=O)[O-])C(=O)[O-].[Na+].[Na+]. The number of methoxy groups -OCH3 is 2. The zero-order chi connectivity index (χ0) is 19.0. The minimum absolute atomic E-state index is 0. The Balaban J connectivity index is 0. The van der Waals surface area contributed by atoms with E-state index in [2.05, 4.69) is 0 Å². The molecular weight excluding hydrogens is 386 g/mol. The van der Waals surface area contributed by atoms with Crippen LogP contribution in [0, 0.1) is 5.92 Å². The van der Waals surface area contributed by atoms with E-state index in [4.69, 9.17) is 18.9 Å². The van der Waals surface area contributed by atoms with E-state index in [0.717, 1.165) is 0 Å². The molecule has 10 nitrogen and oxygen atoms in total. The van der Waals surface area contributed by atoms with Crippen molar-refractivity contribution in [1.29, 1.82) is 0 Å². The molecule has 146 valence electrons. The summed E-state index contributed by atoms with van der Waals surface area (Å²) in [6, 6.07) is 0. The molecule has 1 unspecified atom stereocenters. The van der Waals surface area contributed by atoms with Gasteiger partial charge in [0.25, 0.3) is 0 Å². The molecule has 1 aliphatic rings. The van der Waals surface area contributed by atoms with Gasteiger partial charge in [-0.1, -0.05) is 6.42 Å². The summed E-state index contributed by atoms with van der Waals surface area (Å²) in [5, 5.41) is 40.9. The first-order valence-electron chi connectivity index (χ1n) is 7.90. The first-order valence-corrected chi connectivity index (χ1v) is 7.90. The fourth-order valence-corrected chi connectivity index (χ4v) is 2.63. The van der Waals surface area contributed by atoms with E-state index in [1.54, 1.807) is 0 Å². The molecule has 27 heavy (non-hydrogen) atoms. The second-order valence-corrected chi connectivity index (χ2v) is 5.73. The molecule has 0 aromatic heterocycles. The van der Waals surface area contributed by atoms with Crippen molar-refractivity contribution >= 4 is 11.9 Å². The summed E-state index contributed by atoms with van der Waals surface area (Å²) in [4.78, 5) is 21.3. The number of rotatable bonds is 12. The smallest absolute Gasteiger partial charge is 0.549 e. The topological polar surface area (TPSA) is 158 Å². The Morgan fingerprint density at radius 3 is 2.19 bits per heavy atom. The molecule has 0 radical (unpaired) electrons. The van der Waals surface area contributed by atoms with Crippen molar-refractivity contribution in [2.45, 2.75) is 50.0 Å². The molecule has 1 saturated heterocycles. The maximum Gasteiger partial charge on any atom is 1.00 e. The van der Waals surface area contributed by atoms with Crippen LogP contribution in [0.5, 0.6) is 0 Å². The molecule has 2 N–H and O–H groups in total. The number of hydrogen-bond donors (Lipinski definition) is 2. The maximum atomic E-state index is 10.6. The maximum absolute atomic E-state index is 10.6. The van der Waals surface area contributed by atoms with Crippen LogP contribution in [0.4, 0.5) is 0 Å². The van der Waals surface area contributed by atoms with Gasteiger partial charge >= 0.3 is 59.1 Å². The van der Waals surface area contributed by atoms with Crippen LogP contribution in [0.3, 0.4) is 0 Å². The third-order valence-electron chi connectivity index (χ3n) is 4.02. The van der Waals surface area contributed by atoms with E-state index in [1.807, 2.05) is 0 Å². The summed E-state index contributed by atoms with van der Waals surface area (Å²) >= 11 is 0. The average Bonchev–Trinajstić information content (AvgIpc) is 2.83. The van der Waals surface area contributed by atoms with Crippen LogP contribution in [-0.4, -0.2) is 80.3 Å². The molecular formula is C15H24Na2O10. The van der Waals surface area contributed by atoms with Gasteiger partial charge in [-0.25, -0.2) is 0 Å². The molecule has 1 fully saturated rings. The van der Waals surface area contributed by atoms with Crippen molar-refractivity contribution < 1.29 is 108 Å². The van der Waals surface area contributed by atoms with Gasteiger partial charge in [0.05, 0.1) is 18.5 Å². The van der Waals surface area contributed by atoms with E-state index in [-0.39, 0.29) is 85.2 Å². The van der Waals surface area contributed by atoms with E-state index in [9.17, 15) is 30.0 Å². The Morgan fingerprint density at radius 1 is 1.11 bits per heavy atom. The van der Waals surface area contributed by atoms with Crippen LogP contribution in [-0.2, 0) is 28.5 Å². The molecule has 0 spiro atoms. The monoisotopic (exact) mass is 410 g/mol. The van der Waals surface area contributed by atoms with Crippen LogP contribution in [0.15, 0.2) is 0 Å². The minimum atomic E-state index is -1.69. The predicted molar refractivity (Wildman–Crippen MR) is 76.7 cm³/mol. The Labute approximate surface area is 202 Å². The Kier molecular flexibility index (Phi) is 17.2. The van der Waals surface area contributed by atoms with Crippen LogP contribution in [0.25, 0.3) is 0 Å². The second kappa shape index (κ2) is 15.5. The number of carbonyl (C=O) groups is 2. The number of aliphatic carboxylic acids is 2. The molecule has 0 aromatic rings. The zero-order valence-corrected chi connectivity index (χ0v) is 20.2. The number of aliphatic hydroxyl groups is 2. The van der Waals surface area contributed by atoms with Gasteiger partial charge < -0.3 is 49.0 Å². The number of carboxylic acids is 2. The van der Waals surface area contributed by atoms with Gasteiger partial charge in [-0.15, -0.1) is 0 Å². The van der Waals surface area contributed by atoms with Gasteiger partial charge in [0.1, 0.15) is 24.4 Å². The van der Waals surface area contributed by atoms with Crippen molar-refractivity contribution in [3.8, 4) is 0 Å². The summed E-state index contributed by atoms with van der Waals surface area (Å²) in [5.41, 5.74) is 0. The van der Waals surface area contributed by atoms with Crippen molar-refractivity contribution in [3.63, 3.8) is 0 Å². The van der Waals surface area contributed by atoms with Crippen LogP contribution in [0.1, 0.15) is 19.3 Å². The fourth-order valence-electron chi connectivity index (χ4n) is 2.63. The number of carboxylic acid groups (broad SMARTS) is 2. The number of carbonyl (C=O) groups excluding carboxylic acids is 2. The average molecular weight is 410 g/mol. The molecule has 0 amide bonds. The van der Waals surface area contributed by atoms with Crippen molar-refractivity contribution in [1.82, 2.24) is 0 Å². The van der Waals surface area contributed by atoms with Crippen LogP contribution >= 0.6 is 0 Å². The van der Waals surface area contributed by atoms with Crippen LogP contribution in [0.2, 0.25) is 0 Å². The molecule has 12 heteroatoms. The number of unbranched alkanes of at least 4 members (excludes halogenated alkanes) is 1. The summed E-state index contributed by atoms with van der Waals surface area (Å²) in [5.74, 6) is -5.05. The molecule has 0 saturated carbocycles. The molecule has 5 atom stereocenters. The predicted octanol–water partition coefficient (Wildman–Crippen LogP) is -9.59. The van der Waals surface area contributed by atoms with Crippen molar-refractivity contribution in [2.24, 2.45) is 5.92 Å². The molecule has 0 aliphatic carbocycles. The Bertz CT molecular complexity index is 425.